The monoisotopic (exact) mass is 355 g/mol. The molecule has 0 unspecified atom stereocenters. The number of ether oxygens (including phenoxy) is 1. The predicted octanol–water partition coefficient (Wildman–Crippen LogP) is 3.16. The Hall–Kier alpha value is -2.55. The third-order valence-electron chi connectivity index (χ3n) is 4.86. The summed E-state index contributed by atoms with van der Waals surface area (Å²) in [6.07, 6.45) is 1.47. The first kappa shape index (κ1) is 18.2. The Labute approximate surface area is 154 Å². The molecular formula is C20H25N3O3. The number of nitriles is 1. The summed E-state index contributed by atoms with van der Waals surface area (Å²) >= 11 is 0. The van der Waals surface area contributed by atoms with E-state index in [1.54, 1.807) is 17.0 Å². The van der Waals surface area contributed by atoms with Crippen molar-refractivity contribution in [2.45, 2.75) is 45.8 Å². The molecule has 2 aliphatic rings. The minimum Gasteiger partial charge on any atom is -0.444 e. The minimum atomic E-state index is -0.482. The standard InChI is InChI=1S/C20H25N3O3/c1-20(2,3)26-19(25)22-8-6-14(7-9-22)12-23-13-16-5-4-15(11-21)10-17(16)18(23)24/h4-5,10,14H,6-9,12-13H2,1-3H3. The number of carbonyl (C=O) groups is 2. The lowest BCUT2D eigenvalue weighted by Crippen LogP contribution is -2.43. The molecule has 2 heterocycles. The molecule has 0 bridgehead atoms. The van der Waals surface area contributed by atoms with E-state index >= 15 is 0 Å². The molecule has 6 heteroatoms. The number of amides is 2. The fourth-order valence-electron chi connectivity index (χ4n) is 3.51. The smallest absolute Gasteiger partial charge is 0.410 e. The first-order valence-corrected chi connectivity index (χ1v) is 9.07. The van der Waals surface area contributed by atoms with Gasteiger partial charge in [-0.05, 0) is 57.2 Å². The van der Waals surface area contributed by atoms with Gasteiger partial charge < -0.3 is 14.5 Å². The lowest BCUT2D eigenvalue weighted by Gasteiger charge is -2.34. The molecule has 0 radical (unpaired) electrons. The van der Waals surface area contributed by atoms with E-state index in [1.807, 2.05) is 31.7 Å². The van der Waals surface area contributed by atoms with Gasteiger partial charge in [0.15, 0.2) is 0 Å². The molecule has 0 atom stereocenters. The van der Waals surface area contributed by atoms with Crippen molar-refractivity contribution >= 4 is 12.0 Å². The lowest BCUT2D eigenvalue weighted by atomic mass is 9.96. The zero-order chi connectivity index (χ0) is 18.9. The SMILES string of the molecule is CC(C)(C)OC(=O)N1CCC(CN2Cc3ccc(C#N)cc3C2=O)CC1. The summed E-state index contributed by atoms with van der Waals surface area (Å²) in [5.74, 6) is 0.383. The van der Waals surface area contributed by atoms with Crippen LogP contribution < -0.4 is 0 Å². The van der Waals surface area contributed by atoms with Crippen LogP contribution in [-0.4, -0.2) is 47.0 Å². The maximum atomic E-state index is 12.6. The van der Waals surface area contributed by atoms with Crippen LogP contribution in [0, 0.1) is 17.2 Å². The first-order chi connectivity index (χ1) is 12.3. The second-order valence-corrected chi connectivity index (χ2v) is 8.08. The number of nitrogens with zero attached hydrogens (tertiary/aromatic N) is 3. The maximum absolute atomic E-state index is 12.6. The summed E-state index contributed by atoms with van der Waals surface area (Å²) in [5, 5.41) is 9.00. The summed E-state index contributed by atoms with van der Waals surface area (Å²) in [7, 11) is 0. The molecule has 26 heavy (non-hydrogen) atoms. The zero-order valence-electron chi connectivity index (χ0n) is 15.6. The third kappa shape index (κ3) is 3.98. The summed E-state index contributed by atoms with van der Waals surface area (Å²) < 4.78 is 5.42. The van der Waals surface area contributed by atoms with Crippen molar-refractivity contribution in [2.75, 3.05) is 19.6 Å². The highest BCUT2D eigenvalue weighted by Crippen LogP contribution is 2.27. The van der Waals surface area contributed by atoms with Gasteiger partial charge in [-0.1, -0.05) is 6.07 Å². The highest BCUT2D eigenvalue weighted by Gasteiger charge is 2.32. The van der Waals surface area contributed by atoms with Crippen molar-refractivity contribution < 1.29 is 14.3 Å². The second-order valence-electron chi connectivity index (χ2n) is 8.08. The number of piperidine rings is 1. The van der Waals surface area contributed by atoms with Gasteiger partial charge in [0, 0.05) is 31.7 Å². The Bertz CT molecular complexity index is 753. The number of rotatable bonds is 2. The molecule has 0 saturated carbocycles. The number of hydrogen-bond acceptors (Lipinski definition) is 4. The van der Waals surface area contributed by atoms with Gasteiger partial charge in [0.1, 0.15) is 5.60 Å². The topological polar surface area (TPSA) is 73.6 Å². The molecule has 1 fully saturated rings. The number of benzene rings is 1. The van der Waals surface area contributed by atoms with Crippen LogP contribution in [-0.2, 0) is 11.3 Å². The summed E-state index contributed by atoms with van der Waals surface area (Å²) in [6, 6.07) is 7.40. The van der Waals surface area contributed by atoms with Gasteiger partial charge in [0.2, 0.25) is 0 Å². The summed E-state index contributed by atoms with van der Waals surface area (Å²) in [4.78, 5) is 28.4. The fourth-order valence-corrected chi connectivity index (χ4v) is 3.51. The molecule has 2 amide bonds. The summed E-state index contributed by atoms with van der Waals surface area (Å²) in [5.41, 5.74) is 1.67. The molecule has 0 aliphatic carbocycles. The number of likely N-dealkylation sites (tertiary alicyclic amines) is 1. The Morgan fingerprint density at radius 3 is 2.62 bits per heavy atom. The van der Waals surface area contributed by atoms with E-state index in [0.29, 0.717) is 43.2 Å². The molecule has 3 rings (SSSR count). The highest BCUT2D eigenvalue weighted by molar-refractivity contribution is 5.98. The van der Waals surface area contributed by atoms with Gasteiger partial charge in [-0.3, -0.25) is 4.79 Å². The van der Waals surface area contributed by atoms with Crippen LogP contribution in [0.5, 0.6) is 0 Å². The average Bonchev–Trinajstić information content (AvgIpc) is 2.89. The Morgan fingerprint density at radius 2 is 2.00 bits per heavy atom. The molecule has 1 aromatic rings. The number of carbonyl (C=O) groups excluding carboxylic acids is 2. The summed E-state index contributed by atoms with van der Waals surface area (Å²) in [6.45, 7) is 8.22. The normalized spacial score (nSPS) is 17.8. The number of hydrogen-bond donors (Lipinski definition) is 0. The highest BCUT2D eigenvalue weighted by atomic mass is 16.6. The van der Waals surface area contributed by atoms with E-state index in [-0.39, 0.29) is 12.0 Å². The quantitative estimate of drug-likeness (QED) is 0.817. The van der Waals surface area contributed by atoms with Crippen molar-refractivity contribution in [2.24, 2.45) is 5.92 Å². The van der Waals surface area contributed by atoms with E-state index in [9.17, 15) is 9.59 Å². The van der Waals surface area contributed by atoms with E-state index < -0.39 is 5.60 Å². The molecular weight excluding hydrogens is 330 g/mol. The van der Waals surface area contributed by atoms with Gasteiger partial charge in [-0.25, -0.2) is 4.79 Å². The van der Waals surface area contributed by atoms with Crippen LogP contribution in [0.2, 0.25) is 0 Å². The van der Waals surface area contributed by atoms with Crippen LogP contribution in [0.15, 0.2) is 18.2 Å². The van der Waals surface area contributed by atoms with E-state index in [2.05, 4.69) is 6.07 Å². The maximum Gasteiger partial charge on any atom is 0.410 e. The second kappa shape index (κ2) is 6.99. The Kier molecular flexibility index (Phi) is 4.90. The zero-order valence-corrected chi connectivity index (χ0v) is 15.6. The van der Waals surface area contributed by atoms with Gasteiger partial charge in [-0.2, -0.15) is 5.26 Å². The molecule has 0 spiro atoms. The van der Waals surface area contributed by atoms with Crippen molar-refractivity contribution in [3.8, 4) is 6.07 Å². The van der Waals surface area contributed by atoms with Crippen LogP contribution in [0.3, 0.4) is 0 Å². The molecule has 1 aromatic carbocycles. The molecule has 138 valence electrons. The van der Waals surface area contributed by atoms with E-state index in [4.69, 9.17) is 10.00 Å². The lowest BCUT2D eigenvalue weighted by molar-refractivity contribution is 0.0167. The van der Waals surface area contributed by atoms with Crippen molar-refractivity contribution in [1.29, 1.82) is 5.26 Å². The first-order valence-electron chi connectivity index (χ1n) is 9.07. The van der Waals surface area contributed by atoms with E-state index in [1.165, 1.54) is 0 Å². The van der Waals surface area contributed by atoms with Crippen LogP contribution in [0.4, 0.5) is 4.79 Å². The van der Waals surface area contributed by atoms with Gasteiger partial charge in [0.05, 0.1) is 11.6 Å². The van der Waals surface area contributed by atoms with E-state index in [0.717, 1.165) is 18.4 Å². The predicted molar refractivity (Wildman–Crippen MR) is 96.4 cm³/mol. The minimum absolute atomic E-state index is 0.00618. The van der Waals surface area contributed by atoms with Crippen LogP contribution in [0.25, 0.3) is 0 Å². The molecule has 6 nitrogen and oxygen atoms in total. The fraction of sp³-hybridized carbons (Fsp3) is 0.550. The average molecular weight is 355 g/mol. The largest absolute Gasteiger partial charge is 0.444 e. The van der Waals surface area contributed by atoms with Gasteiger partial charge in [-0.15, -0.1) is 0 Å². The molecule has 1 saturated heterocycles. The van der Waals surface area contributed by atoms with Gasteiger partial charge >= 0.3 is 6.09 Å². The Balaban J connectivity index is 1.54. The van der Waals surface area contributed by atoms with Crippen LogP contribution >= 0.6 is 0 Å². The van der Waals surface area contributed by atoms with Gasteiger partial charge in [0.25, 0.3) is 5.91 Å². The number of fused-ring (bicyclic) bond motifs is 1. The van der Waals surface area contributed by atoms with Crippen LogP contribution in [0.1, 0.15) is 55.1 Å². The molecule has 0 aromatic heterocycles. The Morgan fingerprint density at radius 1 is 1.31 bits per heavy atom. The van der Waals surface area contributed by atoms with Crippen molar-refractivity contribution in [3.05, 3.63) is 34.9 Å². The van der Waals surface area contributed by atoms with Crippen molar-refractivity contribution in [1.82, 2.24) is 9.80 Å². The molecule has 0 N–H and O–H groups in total. The molecule has 2 aliphatic heterocycles. The van der Waals surface area contributed by atoms with Crippen molar-refractivity contribution in [3.63, 3.8) is 0 Å². The third-order valence-corrected chi connectivity index (χ3v) is 4.86.